The minimum absolute atomic E-state index is 0. The second-order valence-electron chi connectivity index (χ2n) is 5.84. The number of ketones is 1. The second kappa shape index (κ2) is 12.7. The van der Waals surface area contributed by atoms with Gasteiger partial charge >= 0.3 is 0 Å². The summed E-state index contributed by atoms with van der Waals surface area (Å²) in [7, 11) is 0. The van der Waals surface area contributed by atoms with Gasteiger partial charge in [-0.25, -0.2) is 0 Å². The van der Waals surface area contributed by atoms with Crippen molar-refractivity contribution in [2.24, 2.45) is 5.92 Å². The molecule has 1 aromatic carbocycles. The molecule has 1 saturated heterocycles. The maximum absolute atomic E-state index is 12.3. The van der Waals surface area contributed by atoms with Crippen LogP contribution in [0.4, 0.5) is 0 Å². The molecule has 140 valence electrons. The molecule has 0 aromatic heterocycles. The van der Waals surface area contributed by atoms with Gasteiger partial charge in [0.15, 0.2) is 5.78 Å². The number of halogens is 1. The Morgan fingerprint density at radius 2 is 1.72 bits per heavy atom. The fourth-order valence-electron chi connectivity index (χ4n) is 2.70. The van der Waals surface area contributed by atoms with Crippen LogP contribution in [-0.2, 0) is 4.79 Å². The van der Waals surface area contributed by atoms with Gasteiger partial charge in [0.05, 0.1) is 0 Å². The number of nitrogens with one attached hydrogen (secondary N) is 1. The Kier molecular flexibility index (Phi) is 11.8. The number of carbonyl (C=O) groups excluding carboxylic acids is 2. The molecule has 5 heteroatoms. The van der Waals surface area contributed by atoms with E-state index in [-0.39, 0.29) is 24.1 Å². The van der Waals surface area contributed by atoms with Crippen LogP contribution in [0, 0.1) is 5.92 Å². The summed E-state index contributed by atoms with van der Waals surface area (Å²) in [6.07, 6.45) is 1.57. The summed E-state index contributed by atoms with van der Waals surface area (Å²) in [6.45, 7) is 14.6. The normalized spacial score (nSPS) is 16.9. The molecule has 0 bridgehead atoms. The Labute approximate surface area is 158 Å². The first-order chi connectivity index (χ1) is 11.5. The Morgan fingerprint density at radius 3 is 2.20 bits per heavy atom. The number of benzene rings is 1. The predicted octanol–water partition coefficient (Wildman–Crippen LogP) is 3.72. The number of rotatable bonds is 5. The van der Waals surface area contributed by atoms with E-state index in [1.165, 1.54) is 19.6 Å². The van der Waals surface area contributed by atoms with Gasteiger partial charge < -0.3 is 10.2 Å². The van der Waals surface area contributed by atoms with E-state index in [0.29, 0.717) is 17.7 Å². The van der Waals surface area contributed by atoms with Crippen LogP contribution in [-0.4, -0.2) is 42.8 Å². The summed E-state index contributed by atoms with van der Waals surface area (Å²) in [5.41, 5.74) is 1.28. The predicted molar refractivity (Wildman–Crippen MR) is 106 cm³/mol. The molecular formula is C20H31ClN2O2. The standard InChI is InChI=1S/C14H15NO2.C6H15N.ClH/c1-10-6-5-9-15-14(17)12(10)13(16)11-7-3-2-4-8-11;1-4-7(5-2)6-3;/h2-4,7-8,12H,1,5-6,9H2,(H,15,17);4-6H2,1-3H3;1H. The maximum atomic E-state index is 12.3. The summed E-state index contributed by atoms with van der Waals surface area (Å²) < 4.78 is 0. The lowest BCUT2D eigenvalue weighted by molar-refractivity contribution is -0.122. The average molecular weight is 367 g/mol. The molecule has 1 fully saturated rings. The van der Waals surface area contributed by atoms with Gasteiger partial charge in [-0.15, -0.1) is 12.4 Å². The Morgan fingerprint density at radius 1 is 1.16 bits per heavy atom. The first-order valence-electron chi connectivity index (χ1n) is 8.82. The molecule has 4 nitrogen and oxygen atoms in total. The first kappa shape index (κ1) is 23.4. The van der Waals surface area contributed by atoms with Crippen molar-refractivity contribution in [3.05, 3.63) is 48.0 Å². The van der Waals surface area contributed by atoms with Crippen LogP contribution in [0.3, 0.4) is 0 Å². The summed E-state index contributed by atoms with van der Waals surface area (Å²) in [4.78, 5) is 26.5. The molecule has 2 rings (SSSR count). The molecule has 1 aliphatic rings. The molecule has 1 N–H and O–H groups in total. The fraction of sp³-hybridized carbons (Fsp3) is 0.500. The second-order valence-corrected chi connectivity index (χ2v) is 5.84. The molecule has 0 spiro atoms. The van der Waals surface area contributed by atoms with Crippen molar-refractivity contribution in [3.8, 4) is 0 Å². The van der Waals surface area contributed by atoms with E-state index in [1.807, 2.05) is 6.07 Å². The molecule has 25 heavy (non-hydrogen) atoms. The molecular weight excluding hydrogens is 336 g/mol. The van der Waals surface area contributed by atoms with Gasteiger partial charge in [-0.05, 0) is 32.5 Å². The molecule has 1 amide bonds. The number of nitrogens with zero attached hydrogens (tertiary/aromatic N) is 1. The van der Waals surface area contributed by atoms with Gasteiger partial charge in [-0.3, -0.25) is 9.59 Å². The summed E-state index contributed by atoms with van der Waals surface area (Å²) in [6, 6.07) is 8.90. The van der Waals surface area contributed by atoms with Crippen LogP contribution in [0.1, 0.15) is 44.0 Å². The number of amides is 1. The van der Waals surface area contributed by atoms with E-state index in [1.54, 1.807) is 24.3 Å². The van der Waals surface area contributed by atoms with E-state index in [4.69, 9.17) is 0 Å². The van der Waals surface area contributed by atoms with E-state index in [0.717, 1.165) is 12.8 Å². The SMILES string of the molecule is C=C1CCCNC(=O)C1C(=O)c1ccccc1.CCN(CC)CC.Cl. The zero-order chi connectivity index (χ0) is 17.9. The molecule has 0 radical (unpaired) electrons. The molecule has 0 saturated carbocycles. The van der Waals surface area contributed by atoms with Gasteiger partial charge in [0.25, 0.3) is 0 Å². The highest BCUT2D eigenvalue weighted by atomic mass is 35.5. The van der Waals surface area contributed by atoms with Gasteiger partial charge in [-0.2, -0.15) is 0 Å². The fourth-order valence-corrected chi connectivity index (χ4v) is 2.70. The Bertz CT molecular complexity index is 518. The zero-order valence-electron chi connectivity index (χ0n) is 15.6. The lowest BCUT2D eigenvalue weighted by atomic mass is 9.89. The third-order valence-electron chi connectivity index (χ3n) is 4.31. The van der Waals surface area contributed by atoms with E-state index < -0.39 is 5.92 Å². The number of hydrogen-bond acceptors (Lipinski definition) is 3. The summed E-state index contributed by atoms with van der Waals surface area (Å²) in [5.74, 6) is -1.10. The van der Waals surface area contributed by atoms with Crippen molar-refractivity contribution in [2.45, 2.75) is 33.6 Å². The van der Waals surface area contributed by atoms with Gasteiger partial charge in [0.1, 0.15) is 5.92 Å². The van der Waals surface area contributed by atoms with Crippen molar-refractivity contribution in [2.75, 3.05) is 26.2 Å². The molecule has 1 aliphatic heterocycles. The van der Waals surface area contributed by atoms with Crippen molar-refractivity contribution in [1.29, 1.82) is 0 Å². The van der Waals surface area contributed by atoms with E-state index >= 15 is 0 Å². The van der Waals surface area contributed by atoms with E-state index in [9.17, 15) is 9.59 Å². The van der Waals surface area contributed by atoms with Crippen LogP contribution in [0.5, 0.6) is 0 Å². The van der Waals surface area contributed by atoms with Crippen LogP contribution in [0.15, 0.2) is 42.5 Å². The lowest BCUT2D eigenvalue weighted by Gasteiger charge is -2.14. The third-order valence-corrected chi connectivity index (χ3v) is 4.31. The minimum Gasteiger partial charge on any atom is -0.355 e. The van der Waals surface area contributed by atoms with Gasteiger partial charge in [0, 0.05) is 12.1 Å². The molecule has 1 atom stereocenters. The smallest absolute Gasteiger partial charge is 0.235 e. The average Bonchev–Trinajstić information content (AvgIpc) is 2.78. The highest BCUT2D eigenvalue weighted by Crippen LogP contribution is 2.22. The quantitative estimate of drug-likeness (QED) is 0.491. The highest BCUT2D eigenvalue weighted by Gasteiger charge is 2.31. The maximum Gasteiger partial charge on any atom is 0.235 e. The Hall–Kier alpha value is -1.65. The van der Waals surface area contributed by atoms with Gasteiger partial charge in [-0.1, -0.05) is 63.3 Å². The molecule has 1 heterocycles. The monoisotopic (exact) mass is 366 g/mol. The highest BCUT2D eigenvalue weighted by molar-refractivity contribution is 6.12. The van der Waals surface area contributed by atoms with Crippen molar-refractivity contribution in [1.82, 2.24) is 10.2 Å². The number of carbonyl (C=O) groups is 2. The number of hydrogen-bond donors (Lipinski definition) is 1. The Balaban J connectivity index is 0.000000620. The first-order valence-corrected chi connectivity index (χ1v) is 8.82. The van der Waals surface area contributed by atoms with Crippen LogP contribution < -0.4 is 5.32 Å². The lowest BCUT2D eigenvalue weighted by Crippen LogP contribution is -2.34. The van der Waals surface area contributed by atoms with E-state index in [2.05, 4.69) is 37.6 Å². The minimum atomic E-state index is -0.722. The van der Waals surface area contributed by atoms with Crippen LogP contribution >= 0.6 is 12.4 Å². The largest absolute Gasteiger partial charge is 0.355 e. The number of Topliss-reactive ketones (excluding diaryl/α,β-unsaturated/α-hetero) is 1. The van der Waals surface area contributed by atoms with Crippen molar-refractivity contribution >= 4 is 24.1 Å². The van der Waals surface area contributed by atoms with Crippen LogP contribution in [0.2, 0.25) is 0 Å². The van der Waals surface area contributed by atoms with Crippen molar-refractivity contribution in [3.63, 3.8) is 0 Å². The molecule has 0 aliphatic carbocycles. The van der Waals surface area contributed by atoms with Gasteiger partial charge in [0.2, 0.25) is 5.91 Å². The third kappa shape index (κ3) is 7.41. The summed E-state index contributed by atoms with van der Waals surface area (Å²) in [5, 5.41) is 2.76. The zero-order valence-corrected chi connectivity index (χ0v) is 16.4. The molecule has 1 aromatic rings. The van der Waals surface area contributed by atoms with Crippen LogP contribution in [0.25, 0.3) is 0 Å². The summed E-state index contributed by atoms with van der Waals surface area (Å²) >= 11 is 0. The topological polar surface area (TPSA) is 49.4 Å². The molecule has 1 unspecified atom stereocenters. The van der Waals surface area contributed by atoms with Crippen molar-refractivity contribution < 1.29 is 9.59 Å².